The summed E-state index contributed by atoms with van der Waals surface area (Å²) < 4.78 is 1.70. The van der Waals surface area contributed by atoms with Gasteiger partial charge in [0.15, 0.2) is 0 Å². The molecule has 0 aromatic rings. The van der Waals surface area contributed by atoms with E-state index >= 15 is 0 Å². The van der Waals surface area contributed by atoms with Crippen molar-refractivity contribution in [1.82, 2.24) is 0 Å². The maximum absolute atomic E-state index is 2.33. The molecule has 4 heteroatoms. The van der Waals surface area contributed by atoms with E-state index in [2.05, 4.69) is 20.8 Å². The largest absolute Gasteiger partial charge is 0.269 e. The Morgan fingerprint density at radius 2 is 1.67 bits per heavy atom. The summed E-state index contributed by atoms with van der Waals surface area (Å²) in [5.74, 6) is 0.769. The van der Waals surface area contributed by atoms with Crippen LogP contribution in [-0.2, 0) is 24.7 Å². The van der Waals surface area contributed by atoms with Crippen molar-refractivity contribution in [3.8, 4) is 0 Å². The SMILES string of the molecule is CC1=C(C)C(C)[C]([Zr])=C1[SiH3].F.F. The Labute approximate surface area is 90.5 Å². The van der Waals surface area contributed by atoms with Crippen LogP contribution in [0.25, 0.3) is 0 Å². The van der Waals surface area contributed by atoms with Crippen molar-refractivity contribution in [2.45, 2.75) is 20.8 Å². The third-order valence-electron chi connectivity index (χ3n) is 2.64. The predicted molar refractivity (Wildman–Crippen MR) is 49.5 cm³/mol. The minimum Gasteiger partial charge on any atom is -0.269 e. The van der Waals surface area contributed by atoms with Crippen LogP contribution in [0.2, 0.25) is 0 Å². The Kier molecular flexibility index (Phi) is 6.51. The van der Waals surface area contributed by atoms with Gasteiger partial charge in [0.05, 0.1) is 0 Å². The van der Waals surface area contributed by atoms with Gasteiger partial charge < -0.3 is 0 Å². The number of hydrogen-bond acceptors (Lipinski definition) is 0. The summed E-state index contributed by atoms with van der Waals surface area (Å²) in [6.07, 6.45) is 0. The molecule has 0 N–H and O–H groups in total. The monoisotopic (exact) mass is 267 g/mol. The molecule has 0 nitrogen and oxygen atoms in total. The number of allylic oxidation sites excluding steroid dienone is 4. The van der Waals surface area contributed by atoms with E-state index in [4.69, 9.17) is 0 Å². The van der Waals surface area contributed by atoms with E-state index in [9.17, 15) is 0 Å². The van der Waals surface area contributed by atoms with Gasteiger partial charge in [-0.05, 0) is 0 Å². The molecular weight excluding hydrogens is 253 g/mol. The third kappa shape index (κ3) is 2.23. The summed E-state index contributed by atoms with van der Waals surface area (Å²) in [6.45, 7) is 6.87. The van der Waals surface area contributed by atoms with Crippen LogP contribution in [0.5, 0.6) is 0 Å². The van der Waals surface area contributed by atoms with E-state index in [0.29, 0.717) is 0 Å². The number of halogens is 2. The molecule has 0 bridgehead atoms. The van der Waals surface area contributed by atoms with Crippen LogP contribution >= 0.6 is 0 Å². The summed E-state index contributed by atoms with van der Waals surface area (Å²) in [5.41, 5.74) is 3.20. The van der Waals surface area contributed by atoms with E-state index in [1.165, 1.54) is 10.2 Å². The van der Waals surface area contributed by atoms with Crippen molar-refractivity contribution in [2.75, 3.05) is 0 Å². The van der Waals surface area contributed by atoms with Gasteiger partial charge in [-0.1, -0.05) is 0 Å². The van der Waals surface area contributed by atoms with Gasteiger partial charge in [0.25, 0.3) is 0 Å². The van der Waals surface area contributed by atoms with Crippen LogP contribution in [-0.4, -0.2) is 10.2 Å². The Bertz CT molecular complexity index is 209. The molecule has 0 saturated heterocycles. The zero-order chi connectivity index (χ0) is 7.89. The van der Waals surface area contributed by atoms with Gasteiger partial charge in [-0.2, -0.15) is 0 Å². The summed E-state index contributed by atoms with van der Waals surface area (Å²) in [7, 11) is 1.24. The van der Waals surface area contributed by atoms with Crippen LogP contribution in [0.1, 0.15) is 20.8 Å². The van der Waals surface area contributed by atoms with Gasteiger partial charge in [-0.25, -0.2) is 0 Å². The fourth-order valence-corrected chi connectivity index (χ4v) is 3.18. The number of hydrogen-bond donors (Lipinski definition) is 0. The van der Waals surface area contributed by atoms with Crippen molar-refractivity contribution in [3.63, 3.8) is 0 Å². The molecule has 1 rings (SSSR count). The summed E-state index contributed by atoms with van der Waals surface area (Å²) in [5, 5.41) is 1.68. The first-order valence-corrected chi connectivity index (χ1v) is 5.88. The van der Waals surface area contributed by atoms with Crippen molar-refractivity contribution < 1.29 is 34.1 Å². The molecule has 0 heterocycles. The van der Waals surface area contributed by atoms with Crippen LogP contribution in [0, 0.1) is 5.92 Å². The molecular formula is C8H15F2SiZr. The summed E-state index contributed by atoms with van der Waals surface area (Å²) in [6, 6.07) is 0. The van der Waals surface area contributed by atoms with E-state index in [-0.39, 0.29) is 9.41 Å². The second-order valence-corrected chi connectivity index (χ2v) is 5.39. The predicted octanol–water partition coefficient (Wildman–Crippen LogP) is 1.40. The van der Waals surface area contributed by atoms with E-state index in [1.807, 2.05) is 0 Å². The van der Waals surface area contributed by atoms with Gasteiger partial charge in [0, 0.05) is 0 Å². The van der Waals surface area contributed by atoms with Crippen LogP contribution in [0.15, 0.2) is 19.6 Å². The van der Waals surface area contributed by atoms with Crippen molar-refractivity contribution in [3.05, 3.63) is 19.6 Å². The zero-order valence-corrected chi connectivity index (χ0v) is 12.4. The normalized spacial score (nSPS) is 22.3. The van der Waals surface area contributed by atoms with Crippen molar-refractivity contribution >= 4 is 10.2 Å². The van der Waals surface area contributed by atoms with E-state index in [1.54, 1.807) is 44.3 Å². The fraction of sp³-hybridized carbons (Fsp3) is 0.500. The maximum Gasteiger partial charge on any atom is -0.269 e. The molecule has 0 saturated carbocycles. The Balaban J connectivity index is 0. The Hall–Kier alpha value is 0.440. The van der Waals surface area contributed by atoms with Gasteiger partial charge in [0.2, 0.25) is 0 Å². The van der Waals surface area contributed by atoms with E-state index < -0.39 is 0 Å². The quantitative estimate of drug-likeness (QED) is 0.583. The molecule has 0 aliphatic heterocycles. The molecule has 0 amide bonds. The third-order valence-corrected chi connectivity index (χ3v) is 7.14. The van der Waals surface area contributed by atoms with Crippen molar-refractivity contribution in [2.24, 2.45) is 5.92 Å². The van der Waals surface area contributed by atoms with Gasteiger partial charge in [-0.15, -0.1) is 0 Å². The molecule has 1 atom stereocenters. The average Bonchev–Trinajstić information content (AvgIpc) is 2.07. The molecule has 12 heavy (non-hydrogen) atoms. The van der Waals surface area contributed by atoms with Crippen LogP contribution in [0.4, 0.5) is 9.41 Å². The molecule has 1 aliphatic carbocycles. The van der Waals surface area contributed by atoms with Crippen molar-refractivity contribution in [1.29, 1.82) is 0 Å². The van der Waals surface area contributed by atoms with Crippen LogP contribution < -0.4 is 0 Å². The van der Waals surface area contributed by atoms with Crippen LogP contribution in [0.3, 0.4) is 0 Å². The fourth-order valence-electron chi connectivity index (χ4n) is 1.36. The molecule has 1 unspecified atom stereocenters. The van der Waals surface area contributed by atoms with Gasteiger partial charge in [-0.3, -0.25) is 9.41 Å². The first-order chi connectivity index (χ1) is 4.55. The standard InChI is InChI=1S/C8H13Si.2FH.Zr/c1-5-4-8(9)7(3)6(5)2;;;/h5H,1-3,9H3;2*1H;. The van der Waals surface area contributed by atoms with Gasteiger partial charge in [0.1, 0.15) is 0 Å². The summed E-state index contributed by atoms with van der Waals surface area (Å²) >= 11 is 1.62. The maximum atomic E-state index is 2.33. The minimum absolute atomic E-state index is 0. The second-order valence-electron chi connectivity index (χ2n) is 3.07. The molecule has 1 aliphatic rings. The first-order valence-electron chi connectivity index (χ1n) is 3.65. The molecule has 0 fully saturated rings. The Morgan fingerprint density at radius 1 is 1.25 bits per heavy atom. The molecule has 0 aromatic heterocycles. The second kappa shape index (κ2) is 5.23. The molecule has 0 aromatic carbocycles. The Morgan fingerprint density at radius 3 is 1.75 bits per heavy atom. The minimum atomic E-state index is 0. The van der Waals surface area contributed by atoms with Gasteiger partial charge >= 0.3 is 81.3 Å². The smallest absolute Gasteiger partial charge is 0.269 e. The topological polar surface area (TPSA) is 0 Å². The molecule has 0 radical (unpaired) electrons. The molecule has 0 spiro atoms. The summed E-state index contributed by atoms with van der Waals surface area (Å²) in [4.78, 5) is 0. The molecule has 69 valence electrons. The number of rotatable bonds is 0. The first kappa shape index (κ1) is 14.9. The van der Waals surface area contributed by atoms with E-state index in [0.717, 1.165) is 5.92 Å². The average molecular weight is 269 g/mol. The zero-order valence-electron chi connectivity index (χ0n) is 7.89.